The number of ether oxygens (including phenoxy) is 1. The summed E-state index contributed by atoms with van der Waals surface area (Å²) >= 11 is 0. The number of carbonyl (C=O) groups is 1. The van der Waals surface area contributed by atoms with Crippen molar-refractivity contribution in [2.45, 2.75) is 97.9 Å². The summed E-state index contributed by atoms with van der Waals surface area (Å²) in [6, 6.07) is 10.5. The molecule has 2 rings (SSSR count). The number of nitrogens with zero attached hydrogens (tertiary/aromatic N) is 1. The van der Waals surface area contributed by atoms with Crippen molar-refractivity contribution < 1.29 is 14.4 Å². The molecule has 1 aliphatic rings. The van der Waals surface area contributed by atoms with Gasteiger partial charge in [-0.05, 0) is 32.3 Å². The topological polar surface area (TPSA) is 38.8 Å². The molecule has 1 aliphatic heterocycles. The van der Waals surface area contributed by atoms with Crippen LogP contribution in [0.2, 0.25) is 0 Å². The Balaban J connectivity index is 2.34. The number of esters is 1. The highest BCUT2D eigenvalue weighted by atomic mass is 16.7. The minimum absolute atomic E-state index is 0.0309. The van der Waals surface area contributed by atoms with Gasteiger partial charge in [0.15, 0.2) is 0 Å². The van der Waals surface area contributed by atoms with Crippen LogP contribution in [0.1, 0.15) is 85.8 Å². The van der Waals surface area contributed by atoms with E-state index in [2.05, 4.69) is 58.7 Å². The van der Waals surface area contributed by atoms with Crippen LogP contribution in [0.3, 0.4) is 0 Å². The first-order valence-corrected chi connectivity index (χ1v) is 10.4. The van der Waals surface area contributed by atoms with Gasteiger partial charge in [-0.1, -0.05) is 65.0 Å². The van der Waals surface area contributed by atoms with Gasteiger partial charge in [-0.25, -0.2) is 0 Å². The van der Waals surface area contributed by atoms with E-state index in [1.807, 2.05) is 25.1 Å². The standard InChI is InChI=1S/C23H37NO3/c1-8-19-16-20(26-21(25)9-2)22(5,6)23(7,10-3)24(19)27-17(4)18-14-12-11-13-15-18/h11-15,17,19-20H,8-10,16H2,1-7H3. The zero-order valence-electron chi connectivity index (χ0n) is 18.1. The van der Waals surface area contributed by atoms with E-state index in [-0.39, 0.29) is 35.2 Å². The van der Waals surface area contributed by atoms with Crippen LogP contribution in [0.25, 0.3) is 0 Å². The summed E-state index contributed by atoms with van der Waals surface area (Å²) in [5, 5.41) is 2.22. The predicted molar refractivity (Wildman–Crippen MR) is 109 cm³/mol. The molecule has 4 atom stereocenters. The van der Waals surface area contributed by atoms with E-state index in [9.17, 15) is 4.79 Å². The molecule has 4 nitrogen and oxygen atoms in total. The normalized spacial score (nSPS) is 29.3. The third-order valence-electron chi connectivity index (χ3n) is 6.76. The molecule has 27 heavy (non-hydrogen) atoms. The van der Waals surface area contributed by atoms with Crippen molar-refractivity contribution in [2.75, 3.05) is 0 Å². The van der Waals surface area contributed by atoms with Gasteiger partial charge < -0.3 is 4.74 Å². The SMILES string of the molecule is CCC(=O)OC1CC(CC)N(OC(C)c2ccccc2)C(C)(CC)C1(C)C. The van der Waals surface area contributed by atoms with Gasteiger partial charge in [0.1, 0.15) is 12.2 Å². The number of piperidine rings is 1. The summed E-state index contributed by atoms with van der Waals surface area (Å²) in [7, 11) is 0. The summed E-state index contributed by atoms with van der Waals surface area (Å²) in [5.74, 6) is -0.117. The average molecular weight is 376 g/mol. The van der Waals surface area contributed by atoms with Crippen molar-refractivity contribution in [3.8, 4) is 0 Å². The van der Waals surface area contributed by atoms with Crippen LogP contribution in [0.5, 0.6) is 0 Å². The second kappa shape index (κ2) is 8.74. The fourth-order valence-corrected chi connectivity index (χ4v) is 4.21. The molecule has 4 unspecified atom stereocenters. The maximum Gasteiger partial charge on any atom is 0.305 e. The summed E-state index contributed by atoms with van der Waals surface area (Å²) in [6.45, 7) is 15.0. The Hall–Kier alpha value is -1.39. The fourth-order valence-electron chi connectivity index (χ4n) is 4.21. The van der Waals surface area contributed by atoms with Crippen molar-refractivity contribution in [2.24, 2.45) is 5.41 Å². The molecule has 1 fully saturated rings. The summed E-state index contributed by atoms with van der Waals surface area (Å²) in [6.07, 6.45) is 2.94. The Morgan fingerprint density at radius 2 is 1.81 bits per heavy atom. The van der Waals surface area contributed by atoms with Gasteiger partial charge in [-0.15, -0.1) is 0 Å². The maximum absolute atomic E-state index is 12.0. The Kier molecular flexibility index (Phi) is 7.09. The molecule has 0 aliphatic carbocycles. The predicted octanol–water partition coefficient (Wildman–Crippen LogP) is 5.68. The molecule has 0 N–H and O–H groups in total. The van der Waals surface area contributed by atoms with E-state index in [1.54, 1.807) is 0 Å². The lowest BCUT2D eigenvalue weighted by Gasteiger charge is -2.60. The van der Waals surface area contributed by atoms with Gasteiger partial charge in [-0.2, -0.15) is 5.06 Å². The molecule has 0 aromatic heterocycles. The lowest BCUT2D eigenvalue weighted by molar-refractivity contribution is -0.327. The first-order valence-electron chi connectivity index (χ1n) is 10.4. The molecule has 1 aromatic carbocycles. The van der Waals surface area contributed by atoms with Crippen molar-refractivity contribution in [3.63, 3.8) is 0 Å². The van der Waals surface area contributed by atoms with Crippen molar-refractivity contribution >= 4 is 5.97 Å². The van der Waals surface area contributed by atoms with Crippen molar-refractivity contribution in [1.29, 1.82) is 0 Å². The minimum atomic E-state index is -0.242. The Labute approximate surface area is 165 Å². The highest BCUT2D eigenvalue weighted by molar-refractivity contribution is 5.69. The van der Waals surface area contributed by atoms with Crippen LogP contribution in [-0.4, -0.2) is 28.7 Å². The Bertz CT molecular complexity index is 615. The summed E-state index contributed by atoms with van der Waals surface area (Å²) < 4.78 is 5.90. The number of rotatable bonds is 7. The van der Waals surface area contributed by atoms with E-state index >= 15 is 0 Å². The van der Waals surface area contributed by atoms with Gasteiger partial charge >= 0.3 is 5.97 Å². The van der Waals surface area contributed by atoms with Crippen LogP contribution in [-0.2, 0) is 14.4 Å². The highest BCUT2D eigenvalue weighted by Gasteiger charge is 2.57. The second-order valence-corrected chi connectivity index (χ2v) is 8.46. The third kappa shape index (κ3) is 4.22. The quantitative estimate of drug-likeness (QED) is 0.575. The molecule has 152 valence electrons. The molecule has 0 bridgehead atoms. The number of hydrogen-bond donors (Lipinski definition) is 0. The van der Waals surface area contributed by atoms with Gasteiger partial charge in [0, 0.05) is 24.3 Å². The van der Waals surface area contributed by atoms with Crippen LogP contribution < -0.4 is 0 Å². The molecule has 1 aromatic rings. The smallest absolute Gasteiger partial charge is 0.305 e. The van der Waals surface area contributed by atoms with Crippen LogP contribution in [0.15, 0.2) is 30.3 Å². The Morgan fingerprint density at radius 1 is 1.19 bits per heavy atom. The zero-order chi connectivity index (χ0) is 20.2. The first-order chi connectivity index (χ1) is 12.7. The van der Waals surface area contributed by atoms with E-state index in [1.165, 1.54) is 5.56 Å². The van der Waals surface area contributed by atoms with Gasteiger partial charge in [0.05, 0.1) is 5.54 Å². The highest BCUT2D eigenvalue weighted by Crippen LogP contribution is 2.50. The van der Waals surface area contributed by atoms with Gasteiger partial charge in [0.2, 0.25) is 0 Å². The maximum atomic E-state index is 12.0. The lowest BCUT2D eigenvalue weighted by Crippen LogP contribution is -2.68. The van der Waals surface area contributed by atoms with Crippen molar-refractivity contribution in [1.82, 2.24) is 5.06 Å². The Morgan fingerprint density at radius 3 is 2.33 bits per heavy atom. The molecule has 0 radical (unpaired) electrons. The molecule has 1 heterocycles. The number of hydroxylamine groups is 2. The largest absolute Gasteiger partial charge is 0.462 e. The molecule has 4 heteroatoms. The number of benzene rings is 1. The van der Waals surface area contributed by atoms with Crippen molar-refractivity contribution in [3.05, 3.63) is 35.9 Å². The fraction of sp³-hybridized carbons (Fsp3) is 0.696. The summed E-state index contributed by atoms with van der Waals surface area (Å²) in [4.78, 5) is 18.6. The molecule has 0 spiro atoms. The summed E-state index contributed by atoms with van der Waals surface area (Å²) in [5.41, 5.74) is 0.700. The van der Waals surface area contributed by atoms with E-state index < -0.39 is 0 Å². The number of carbonyl (C=O) groups excluding carboxylic acids is 1. The monoisotopic (exact) mass is 375 g/mol. The van der Waals surface area contributed by atoms with Gasteiger partial charge in [-0.3, -0.25) is 9.63 Å². The van der Waals surface area contributed by atoms with E-state index in [0.29, 0.717) is 6.42 Å². The molecular formula is C23H37NO3. The number of hydrogen-bond acceptors (Lipinski definition) is 4. The molecule has 1 saturated heterocycles. The minimum Gasteiger partial charge on any atom is -0.462 e. The second-order valence-electron chi connectivity index (χ2n) is 8.46. The van der Waals surface area contributed by atoms with Crippen LogP contribution in [0, 0.1) is 5.41 Å². The lowest BCUT2D eigenvalue weighted by atomic mass is 9.63. The zero-order valence-corrected chi connectivity index (χ0v) is 18.1. The average Bonchev–Trinajstić information content (AvgIpc) is 2.68. The third-order valence-corrected chi connectivity index (χ3v) is 6.76. The molecule has 0 amide bonds. The van der Waals surface area contributed by atoms with Crippen LogP contribution in [0.4, 0.5) is 0 Å². The molecule has 0 saturated carbocycles. The van der Waals surface area contributed by atoms with E-state index in [4.69, 9.17) is 9.57 Å². The van der Waals surface area contributed by atoms with Gasteiger partial charge in [0.25, 0.3) is 0 Å². The molecular weight excluding hydrogens is 338 g/mol. The first kappa shape index (κ1) is 21.9. The van der Waals surface area contributed by atoms with Crippen LogP contribution >= 0.6 is 0 Å². The van der Waals surface area contributed by atoms with E-state index in [0.717, 1.165) is 19.3 Å².